The van der Waals surface area contributed by atoms with Gasteiger partial charge in [0.05, 0.1) is 24.6 Å². The highest BCUT2D eigenvalue weighted by Gasteiger charge is 2.43. The Bertz CT molecular complexity index is 1120. The third-order valence-electron chi connectivity index (χ3n) is 6.23. The summed E-state index contributed by atoms with van der Waals surface area (Å²) in [5.41, 5.74) is 0.461. The van der Waals surface area contributed by atoms with Gasteiger partial charge in [-0.1, -0.05) is 97.9 Å². The van der Waals surface area contributed by atoms with Gasteiger partial charge in [0.25, 0.3) is 0 Å². The molecular formula is C29H31O4P. The quantitative estimate of drug-likeness (QED) is 0.268. The Balaban J connectivity index is 1.73. The van der Waals surface area contributed by atoms with Gasteiger partial charge >= 0.3 is 0 Å². The van der Waals surface area contributed by atoms with E-state index < -0.39 is 18.9 Å². The average Bonchev–Trinajstić information content (AvgIpc) is 3.45. The number of aliphatic hydroxyl groups is 1. The average molecular weight is 475 g/mol. The topological polar surface area (TPSA) is 59.7 Å². The third-order valence-corrected chi connectivity index (χ3v) is 9.79. The highest BCUT2D eigenvalue weighted by atomic mass is 31.2. The van der Waals surface area contributed by atoms with Crippen molar-refractivity contribution in [2.45, 2.75) is 44.2 Å². The number of benzene rings is 3. The summed E-state index contributed by atoms with van der Waals surface area (Å²) >= 11 is 0. The molecule has 0 radical (unpaired) electrons. The molecule has 1 heterocycles. The van der Waals surface area contributed by atoms with Crippen molar-refractivity contribution in [2.75, 3.05) is 0 Å². The molecule has 5 heteroatoms. The third kappa shape index (κ3) is 5.42. The summed E-state index contributed by atoms with van der Waals surface area (Å²) in [6.45, 7) is 2.52. The summed E-state index contributed by atoms with van der Waals surface area (Å²) in [5.74, 6) is 0.412. The first-order valence-corrected chi connectivity index (χ1v) is 13.5. The van der Waals surface area contributed by atoms with Crippen LogP contribution in [0.1, 0.15) is 37.2 Å². The van der Waals surface area contributed by atoms with Gasteiger partial charge in [-0.15, -0.1) is 0 Å². The molecule has 1 aromatic heterocycles. The second-order valence-corrected chi connectivity index (χ2v) is 11.4. The van der Waals surface area contributed by atoms with Crippen molar-refractivity contribution in [2.24, 2.45) is 0 Å². The summed E-state index contributed by atoms with van der Waals surface area (Å²) in [6.07, 6.45) is 1.46. The summed E-state index contributed by atoms with van der Waals surface area (Å²) in [7, 11) is -3.28. The van der Waals surface area contributed by atoms with Crippen LogP contribution >= 0.6 is 7.14 Å². The normalized spacial score (nSPS) is 14.4. The molecule has 0 unspecified atom stereocenters. The fourth-order valence-electron chi connectivity index (χ4n) is 4.37. The van der Waals surface area contributed by atoms with Gasteiger partial charge in [-0.25, -0.2) is 0 Å². The minimum Gasteiger partial charge on any atom is -0.467 e. The van der Waals surface area contributed by atoms with E-state index in [1.54, 1.807) is 12.1 Å². The van der Waals surface area contributed by atoms with Crippen molar-refractivity contribution in [3.8, 4) is 0 Å². The molecule has 3 aromatic carbocycles. The Morgan fingerprint density at radius 3 is 1.88 bits per heavy atom. The first-order valence-electron chi connectivity index (χ1n) is 11.7. The molecule has 0 aliphatic rings. The molecule has 0 saturated carbocycles. The minimum absolute atomic E-state index is 0.185. The second-order valence-electron chi connectivity index (χ2n) is 8.42. The molecule has 1 N–H and O–H groups in total. The van der Waals surface area contributed by atoms with Gasteiger partial charge < -0.3 is 18.8 Å². The van der Waals surface area contributed by atoms with Gasteiger partial charge in [0.15, 0.2) is 0 Å². The minimum atomic E-state index is -3.28. The number of hydrogen-bond donors (Lipinski definition) is 1. The van der Waals surface area contributed by atoms with E-state index in [1.807, 2.05) is 91.0 Å². The lowest BCUT2D eigenvalue weighted by Crippen LogP contribution is -2.34. The van der Waals surface area contributed by atoms with Crippen LogP contribution in [0.5, 0.6) is 0 Å². The molecule has 0 fully saturated rings. The molecule has 3 atom stereocenters. The fraction of sp³-hybridized carbons (Fsp3) is 0.241. The van der Waals surface area contributed by atoms with Crippen LogP contribution in [-0.2, 0) is 15.9 Å². The van der Waals surface area contributed by atoms with Gasteiger partial charge in [-0.05, 0) is 30.5 Å². The summed E-state index contributed by atoms with van der Waals surface area (Å²) in [4.78, 5) is 0. The zero-order chi connectivity index (χ0) is 23.8. The number of furan rings is 1. The van der Waals surface area contributed by atoms with E-state index in [4.69, 9.17) is 9.15 Å². The van der Waals surface area contributed by atoms with E-state index in [2.05, 4.69) is 6.92 Å². The highest BCUT2D eigenvalue weighted by Crippen LogP contribution is 2.55. The zero-order valence-electron chi connectivity index (χ0n) is 19.4. The van der Waals surface area contributed by atoms with Crippen LogP contribution in [0.4, 0.5) is 0 Å². The lowest BCUT2D eigenvalue weighted by molar-refractivity contribution is 0.0207. The molecule has 0 aliphatic carbocycles. The Hall–Kier alpha value is -2.91. The van der Waals surface area contributed by atoms with Crippen LogP contribution in [0.25, 0.3) is 0 Å². The molecule has 0 spiro atoms. The lowest BCUT2D eigenvalue weighted by Gasteiger charge is -2.34. The standard InChI is InChI=1S/C29H31O4P/c1-2-24(33-22-23-13-6-3-7-14-23)21-28(29(30)27-19-12-20-32-27)34(31,25-15-8-4-9-16-25)26-17-10-5-11-18-26/h3-20,24,28-30H,2,21-22H2,1H3/t24-,28-,29+/m1/s1. The smallest absolute Gasteiger partial charge is 0.149 e. The van der Waals surface area contributed by atoms with Crippen LogP contribution in [0.15, 0.2) is 114 Å². The lowest BCUT2D eigenvalue weighted by atomic mass is 10.1. The molecule has 176 valence electrons. The Morgan fingerprint density at radius 2 is 1.38 bits per heavy atom. The number of aliphatic hydroxyl groups excluding tert-OH is 1. The number of rotatable bonds is 11. The Morgan fingerprint density at radius 1 is 0.824 bits per heavy atom. The maximum Gasteiger partial charge on any atom is 0.149 e. The van der Waals surface area contributed by atoms with Crippen molar-refractivity contribution in [1.82, 2.24) is 0 Å². The number of hydrogen-bond acceptors (Lipinski definition) is 4. The first-order chi connectivity index (χ1) is 16.6. The van der Waals surface area contributed by atoms with Crippen LogP contribution in [0, 0.1) is 0 Å². The van der Waals surface area contributed by atoms with E-state index in [-0.39, 0.29) is 6.10 Å². The van der Waals surface area contributed by atoms with Crippen molar-refractivity contribution < 1.29 is 18.8 Å². The molecule has 0 bridgehead atoms. The molecule has 0 aliphatic heterocycles. The Kier molecular flexibility index (Phi) is 8.18. The number of ether oxygens (including phenoxy) is 1. The molecular weight excluding hydrogens is 443 g/mol. The molecule has 0 saturated heterocycles. The van der Waals surface area contributed by atoms with Gasteiger partial charge in [-0.2, -0.15) is 0 Å². The maximum atomic E-state index is 15.1. The predicted molar refractivity (Wildman–Crippen MR) is 137 cm³/mol. The van der Waals surface area contributed by atoms with E-state index >= 15 is 4.57 Å². The van der Waals surface area contributed by atoms with Gasteiger partial charge in [-0.3, -0.25) is 0 Å². The SMILES string of the molecule is CC[C@H](C[C@H]([C@@H](O)c1ccco1)P(=O)(c1ccccc1)c1ccccc1)OCc1ccccc1. The summed E-state index contributed by atoms with van der Waals surface area (Å²) in [6, 6.07) is 32.5. The van der Waals surface area contributed by atoms with Gasteiger partial charge in [0.1, 0.15) is 19.0 Å². The van der Waals surface area contributed by atoms with Gasteiger partial charge in [0, 0.05) is 10.6 Å². The molecule has 4 rings (SSSR count). The van der Waals surface area contributed by atoms with Crippen molar-refractivity contribution in [1.29, 1.82) is 0 Å². The molecule has 4 nitrogen and oxygen atoms in total. The van der Waals surface area contributed by atoms with Crippen LogP contribution in [0.2, 0.25) is 0 Å². The fourth-order valence-corrected chi connectivity index (χ4v) is 7.74. The van der Waals surface area contributed by atoms with Gasteiger partial charge in [0.2, 0.25) is 0 Å². The largest absolute Gasteiger partial charge is 0.467 e. The molecule has 34 heavy (non-hydrogen) atoms. The summed E-state index contributed by atoms with van der Waals surface area (Å²) < 4.78 is 27.0. The van der Waals surface area contributed by atoms with E-state index in [0.717, 1.165) is 22.6 Å². The van der Waals surface area contributed by atoms with Crippen LogP contribution < -0.4 is 10.6 Å². The monoisotopic (exact) mass is 474 g/mol. The maximum absolute atomic E-state index is 15.1. The highest BCUT2D eigenvalue weighted by molar-refractivity contribution is 7.79. The van der Waals surface area contributed by atoms with Crippen molar-refractivity contribution in [3.05, 3.63) is 121 Å². The Labute approximate surface area is 201 Å². The zero-order valence-corrected chi connectivity index (χ0v) is 20.3. The van der Waals surface area contributed by atoms with E-state index in [0.29, 0.717) is 18.8 Å². The van der Waals surface area contributed by atoms with E-state index in [1.165, 1.54) is 6.26 Å². The van der Waals surface area contributed by atoms with Crippen LogP contribution in [-0.4, -0.2) is 16.9 Å². The van der Waals surface area contributed by atoms with E-state index in [9.17, 15) is 5.11 Å². The van der Waals surface area contributed by atoms with Crippen LogP contribution in [0.3, 0.4) is 0 Å². The molecule has 0 amide bonds. The van der Waals surface area contributed by atoms with Crippen molar-refractivity contribution in [3.63, 3.8) is 0 Å². The molecule has 4 aromatic rings. The predicted octanol–water partition coefficient (Wildman–Crippen LogP) is 6.08. The second kappa shape index (κ2) is 11.5. The van der Waals surface area contributed by atoms with Crippen molar-refractivity contribution >= 4 is 17.8 Å². The summed E-state index contributed by atoms with van der Waals surface area (Å²) in [5, 5.41) is 13.0. The first kappa shape index (κ1) is 24.2.